The fourth-order valence-corrected chi connectivity index (χ4v) is 1.08. The van der Waals surface area contributed by atoms with E-state index in [1.165, 1.54) is 18.2 Å². The van der Waals surface area contributed by atoms with Crippen LogP contribution >= 0.6 is 0 Å². The molecule has 3 heteroatoms. The highest BCUT2D eigenvalue weighted by molar-refractivity contribution is 5.77. The van der Waals surface area contributed by atoms with Gasteiger partial charge in [-0.05, 0) is 18.2 Å². The summed E-state index contributed by atoms with van der Waals surface area (Å²) >= 11 is 0. The minimum absolute atomic E-state index is 0.0465. The summed E-state index contributed by atoms with van der Waals surface area (Å²) in [5.41, 5.74) is 0.945. The molecule has 0 aliphatic heterocycles. The summed E-state index contributed by atoms with van der Waals surface area (Å²) in [6.07, 6.45) is 1.41. The van der Waals surface area contributed by atoms with Crippen LogP contribution in [0.4, 0.5) is 0 Å². The second-order valence-electron chi connectivity index (χ2n) is 2.86. The third kappa shape index (κ3) is 1.93. The maximum atomic E-state index is 10.5. The first-order chi connectivity index (χ1) is 6.19. The lowest BCUT2D eigenvalue weighted by molar-refractivity contribution is -0.108. The molecule has 68 valence electrons. The Morgan fingerprint density at radius 1 is 1.38 bits per heavy atom. The summed E-state index contributed by atoms with van der Waals surface area (Å²) in [4.78, 5) is 20.9. The van der Waals surface area contributed by atoms with Crippen LogP contribution in [0.15, 0.2) is 18.2 Å². The van der Waals surface area contributed by atoms with Gasteiger partial charge in [-0.3, -0.25) is 4.79 Å². The zero-order valence-electron chi connectivity index (χ0n) is 7.23. The number of carbonyl (C=O) groups is 2. The van der Waals surface area contributed by atoms with Crippen molar-refractivity contribution in [2.24, 2.45) is 0 Å². The Kier molecular flexibility index (Phi) is 2.80. The van der Waals surface area contributed by atoms with Gasteiger partial charge in [-0.25, -0.2) is 0 Å². The molecule has 3 nitrogen and oxygen atoms in total. The van der Waals surface area contributed by atoms with E-state index in [9.17, 15) is 14.7 Å². The average Bonchev–Trinajstić information content (AvgIpc) is 2.17. The van der Waals surface area contributed by atoms with E-state index in [-0.39, 0.29) is 11.7 Å². The molecule has 0 saturated heterocycles. The third-order valence-electron chi connectivity index (χ3n) is 1.88. The summed E-state index contributed by atoms with van der Waals surface area (Å²) in [6.45, 7) is 1.66. The Morgan fingerprint density at radius 2 is 2.08 bits per heavy atom. The quantitative estimate of drug-likeness (QED) is 0.713. The first kappa shape index (κ1) is 9.45. The topological polar surface area (TPSA) is 54.4 Å². The van der Waals surface area contributed by atoms with Crippen molar-refractivity contribution in [2.75, 3.05) is 0 Å². The second-order valence-corrected chi connectivity index (χ2v) is 2.86. The maximum absolute atomic E-state index is 10.5. The van der Waals surface area contributed by atoms with Crippen molar-refractivity contribution in [3.05, 3.63) is 29.3 Å². The van der Waals surface area contributed by atoms with Crippen LogP contribution in [0.3, 0.4) is 0 Å². The predicted octanol–water partition coefficient (Wildman–Crippen LogP) is 1.51. The molecule has 1 unspecified atom stereocenters. The lowest BCUT2D eigenvalue weighted by Crippen LogP contribution is -1.96. The number of hydrogen-bond donors (Lipinski definition) is 1. The van der Waals surface area contributed by atoms with Crippen LogP contribution in [-0.2, 0) is 4.79 Å². The van der Waals surface area contributed by atoms with Gasteiger partial charge in [-0.15, -0.1) is 0 Å². The van der Waals surface area contributed by atoms with Crippen molar-refractivity contribution in [2.45, 2.75) is 12.8 Å². The van der Waals surface area contributed by atoms with Crippen LogP contribution in [0.2, 0.25) is 0 Å². The summed E-state index contributed by atoms with van der Waals surface area (Å²) in [7, 11) is 0. The van der Waals surface area contributed by atoms with Crippen molar-refractivity contribution in [1.29, 1.82) is 0 Å². The van der Waals surface area contributed by atoms with Crippen LogP contribution in [0.25, 0.3) is 0 Å². The molecule has 1 atom stereocenters. The summed E-state index contributed by atoms with van der Waals surface area (Å²) in [6, 6.07) is 4.43. The molecule has 1 N–H and O–H groups in total. The average molecular weight is 178 g/mol. The number of hydrogen-bond acceptors (Lipinski definition) is 3. The zero-order valence-corrected chi connectivity index (χ0v) is 7.23. The summed E-state index contributed by atoms with van der Waals surface area (Å²) in [5, 5.41) is 9.36. The van der Waals surface area contributed by atoms with Crippen molar-refractivity contribution in [1.82, 2.24) is 0 Å². The van der Waals surface area contributed by atoms with Gasteiger partial charge in [0.25, 0.3) is 0 Å². The van der Waals surface area contributed by atoms with E-state index in [0.29, 0.717) is 17.4 Å². The maximum Gasteiger partial charge on any atom is 0.150 e. The first-order valence-corrected chi connectivity index (χ1v) is 3.92. The molecule has 0 aromatic heterocycles. The number of aldehydes is 2. The summed E-state index contributed by atoms with van der Waals surface area (Å²) in [5.74, 6) is -0.342. The molecule has 0 aliphatic rings. The van der Waals surface area contributed by atoms with Gasteiger partial charge in [-0.2, -0.15) is 0 Å². The Balaban J connectivity index is 3.17. The van der Waals surface area contributed by atoms with E-state index in [1.807, 2.05) is 0 Å². The molecule has 0 heterocycles. The van der Waals surface area contributed by atoms with Gasteiger partial charge in [0, 0.05) is 17.0 Å². The number of benzene rings is 1. The highest BCUT2D eigenvalue weighted by atomic mass is 16.3. The number of phenols is 1. The van der Waals surface area contributed by atoms with Crippen molar-refractivity contribution in [3.8, 4) is 5.75 Å². The van der Waals surface area contributed by atoms with Crippen molar-refractivity contribution >= 4 is 12.6 Å². The van der Waals surface area contributed by atoms with E-state index in [1.54, 1.807) is 6.92 Å². The van der Waals surface area contributed by atoms with Crippen LogP contribution in [0.5, 0.6) is 5.75 Å². The van der Waals surface area contributed by atoms with Crippen LogP contribution in [0.1, 0.15) is 28.8 Å². The van der Waals surface area contributed by atoms with E-state index < -0.39 is 0 Å². The van der Waals surface area contributed by atoms with Gasteiger partial charge in [0.15, 0.2) is 0 Å². The molecule has 0 aliphatic carbocycles. The van der Waals surface area contributed by atoms with Gasteiger partial charge in [0.05, 0.1) is 0 Å². The van der Waals surface area contributed by atoms with E-state index in [2.05, 4.69) is 0 Å². The fraction of sp³-hybridized carbons (Fsp3) is 0.200. The van der Waals surface area contributed by atoms with Gasteiger partial charge in [0.2, 0.25) is 0 Å². The minimum Gasteiger partial charge on any atom is -0.508 e. The number of phenolic OH excluding ortho intramolecular Hbond substituents is 1. The second kappa shape index (κ2) is 3.85. The molecule has 0 fully saturated rings. The van der Waals surface area contributed by atoms with Gasteiger partial charge in [-0.1, -0.05) is 6.92 Å². The summed E-state index contributed by atoms with van der Waals surface area (Å²) < 4.78 is 0. The monoisotopic (exact) mass is 178 g/mol. The van der Waals surface area contributed by atoms with E-state index in [0.717, 1.165) is 6.29 Å². The molecule has 13 heavy (non-hydrogen) atoms. The largest absolute Gasteiger partial charge is 0.508 e. The zero-order chi connectivity index (χ0) is 9.84. The van der Waals surface area contributed by atoms with E-state index in [4.69, 9.17) is 0 Å². The van der Waals surface area contributed by atoms with Crippen LogP contribution in [-0.4, -0.2) is 17.7 Å². The third-order valence-corrected chi connectivity index (χ3v) is 1.88. The number of rotatable bonds is 3. The molecule has 0 radical (unpaired) electrons. The molecule has 1 aromatic carbocycles. The van der Waals surface area contributed by atoms with Gasteiger partial charge in [0.1, 0.15) is 18.3 Å². The molecular weight excluding hydrogens is 168 g/mol. The Labute approximate surface area is 76.0 Å². The van der Waals surface area contributed by atoms with E-state index >= 15 is 0 Å². The smallest absolute Gasteiger partial charge is 0.150 e. The molecule has 0 amide bonds. The molecule has 0 spiro atoms. The lowest BCUT2D eigenvalue weighted by atomic mass is 9.99. The van der Waals surface area contributed by atoms with Crippen LogP contribution in [0, 0.1) is 0 Å². The first-order valence-electron chi connectivity index (χ1n) is 3.92. The molecule has 1 aromatic rings. The molecular formula is C10H10O3. The predicted molar refractivity (Wildman–Crippen MR) is 48.0 cm³/mol. The van der Waals surface area contributed by atoms with Crippen molar-refractivity contribution in [3.63, 3.8) is 0 Å². The number of aromatic hydroxyl groups is 1. The molecule has 0 bridgehead atoms. The normalized spacial score (nSPS) is 12.1. The fourth-order valence-electron chi connectivity index (χ4n) is 1.08. The highest BCUT2D eigenvalue weighted by Crippen LogP contribution is 2.24. The van der Waals surface area contributed by atoms with Crippen molar-refractivity contribution < 1.29 is 14.7 Å². The Bertz CT molecular complexity index is 331. The Morgan fingerprint density at radius 3 is 2.62 bits per heavy atom. The lowest BCUT2D eigenvalue weighted by Gasteiger charge is -2.06. The van der Waals surface area contributed by atoms with Crippen LogP contribution < -0.4 is 0 Å². The van der Waals surface area contributed by atoms with Gasteiger partial charge >= 0.3 is 0 Å². The standard InChI is InChI=1S/C10H10O3/c1-7(5-11)9-4-8(6-12)2-3-10(9)13/h2-7,13H,1H3. The Hall–Kier alpha value is -1.64. The molecule has 0 saturated carbocycles. The minimum atomic E-state index is -0.389. The SMILES string of the molecule is CC(C=O)c1cc(C=O)ccc1O. The number of carbonyl (C=O) groups excluding carboxylic acids is 2. The van der Waals surface area contributed by atoms with Gasteiger partial charge < -0.3 is 9.90 Å². The highest BCUT2D eigenvalue weighted by Gasteiger charge is 2.09. The molecule has 1 rings (SSSR count).